The zero-order valence-electron chi connectivity index (χ0n) is 14.3. The van der Waals surface area contributed by atoms with Crippen LogP contribution in [0.1, 0.15) is 37.1 Å². The van der Waals surface area contributed by atoms with E-state index in [4.69, 9.17) is 0 Å². The van der Waals surface area contributed by atoms with Gasteiger partial charge in [0.15, 0.2) is 5.82 Å². The highest BCUT2D eigenvalue weighted by atomic mass is 19.4. The molecule has 1 aliphatic rings. The Labute approximate surface area is 148 Å². The van der Waals surface area contributed by atoms with E-state index >= 15 is 0 Å². The summed E-state index contributed by atoms with van der Waals surface area (Å²) in [5.41, 5.74) is -3.17. The highest BCUT2D eigenvalue weighted by Crippen LogP contribution is 2.43. The van der Waals surface area contributed by atoms with E-state index in [0.29, 0.717) is 12.8 Å². The van der Waals surface area contributed by atoms with E-state index in [1.165, 1.54) is 13.2 Å². The molecular formula is C18H20F3N3O2. The summed E-state index contributed by atoms with van der Waals surface area (Å²) in [6, 6.07) is 9.16. The zero-order chi connectivity index (χ0) is 19.0. The largest absolute Gasteiger partial charge is 0.425 e. The minimum atomic E-state index is -5.04. The van der Waals surface area contributed by atoms with Gasteiger partial charge in [0.1, 0.15) is 0 Å². The molecule has 1 saturated carbocycles. The number of nitrogens with one attached hydrogen (secondary N) is 1. The van der Waals surface area contributed by atoms with Crippen molar-refractivity contribution in [2.45, 2.75) is 43.0 Å². The number of aliphatic hydroxyl groups is 1. The van der Waals surface area contributed by atoms with Gasteiger partial charge in [-0.3, -0.25) is 4.79 Å². The molecule has 1 aromatic heterocycles. The third-order valence-electron chi connectivity index (χ3n) is 4.99. The minimum Gasteiger partial charge on any atom is -0.374 e. The maximum atomic E-state index is 13.6. The molecule has 2 N–H and O–H groups in total. The Bertz CT molecular complexity index is 784. The highest BCUT2D eigenvalue weighted by molar-refractivity contribution is 5.78. The molecule has 1 atom stereocenters. The molecule has 1 aromatic carbocycles. The highest BCUT2D eigenvalue weighted by Gasteiger charge is 2.59. The lowest BCUT2D eigenvalue weighted by atomic mass is 9.71. The summed E-state index contributed by atoms with van der Waals surface area (Å²) in [6.07, 6.45) is -1.56. The average molecular weight is 367 g/mol. The molecule has 0 saturated heterocycles. The molecule has 1 unspecified atom stereocenters. The fourth-order valence-corrected chi connectivity index (χ4v) is 3.39. The van der Waals surface area contributed by atoms with Crippen molar-refractivity contribution >= 4 is 5.91 Å². The summed E-state index contributed by atoms with van der Waals surface area (Å²) in [5.74, 6) is -1.47. The van der Waals surface area contributed by atoms with E-state index in [9.17, 15) is 23.1 Å². The van der Waals surface area contributed by atoms with Crippen LogP contribution in [-0.4, -0.2) is 26.7 Å². The van der Waals surface area contributed by atoms with Crippen LogP contribution in [-0.2, 0) is 23.0 Å². The molecule has 26 heavy (non-hydrogen) atoms. The van der Waals surface area contributed by atoms with Gasteiger partial charge in [-0.05, 0) is 24.8 Å². The smallest absolute Gasteiger partial charge is 0.374 e. The lowest BCUT2D eigenvalue weighted by molar-refractivity contribution is -0.271. The van der Waals surface area contributed by atoms with E-state index in [1.807, 2.05) is 30.3 Å². The number of carbonyl (C=O) groups is 1. The van der Waals surface area contributed by atoms with Crippen LogP contribution in [0.15, 0.2) is 42.7 Å². The summed E-state index contributed by atoms with van der Waals surface area (Å²) in [6.45, 7) is 0. The van der Waals surface area contributed by atoms with Gasteiger partial charge in [0.2, 0.25) is 11.5 Å². The number of alkyl halides is 3. The van der Waals surface area contributed by atoms with Crippen molar-refractivity contribution in [2.24, 2.45) is 7.05 Å². The molecule has 3 rings (SSSR count). The second-order valence-electron chi connectivity index (χ2n) is 6.75. The number of rotatable bonds is 5. The van der Waals surface area contributed by atoms with E-state index in [0.717, 1.165) is 22.7 Å². The Morgan fingerprint density at radius 3 is 2.42 bits per heavy atom. The minimum absolute atomic E-state index is 0.609. The van der Waals surface area contributed by atoms with Crippen LogP contribution < -0.4 is 5.32 Å². The Balaban J connectivity index is 1.84. The summed E-state index contributed by atoms with van der Waals surface area (Å²) < 4.78 is 41.8. The number of halogens is 3. The Morgan fingerprint density at radius 2 is 1.96 bits per heavy atom. The van der Waals surface area contributed by atoms with E-state index in [2.05, 4.69) is 10.3 Å². The first kappa shape index (κ1) is 18.4. The number of aryl methyl sites for hydroxylation is 1. The van der Waals surface area contributed by atoms with Crippen LogP contribution in [0.4, 0.5) is 13.2 Å². The number of carbonyl (C=O) groups excluding carboxylic acids is 1. The topological polar surface area (TPSA) is 67.1 Å². The summed E-state index contributed by atoms with van der Waals surface area (Å²) in [5, 5.41) is 13.1. The number of nitrogens with zero attached hydrogens (tertiary/aromatic N) is 2. The molecule has 1 heterocycles. The van der Waals surface area contributed by atoms with E-state index < -0.39 is 35.5 Å². The Hall–Kier alpha value is -2.35. The Morgan fingerprint density at radius 1 is 1.31 bits per heavy atom. The summed E-state index contributed by atoms with van der Waals surface area (Å²) >= 11 is 0. The van der Waals surface area contributed by atoms with Crippen LogP contribution in [0.5, 0.6) is 0 Å². The van der Waals surface area contributed by atoms with Gasteiger partial charge in [-0.25, -0.2) is 4.98 Å². The molecule has 0 bridgehead atoms. The third-order valence-corrected chi connectivity index (χ3v) is 4.99. The molecule has 0 spiro atoms. The van der Waals surface area contributed by atoms with Crippen molar-refractivity contribution in [3.05, 3.63) is 54.1 Å². The van der Waals surface area contributed by atoms with Crippen molar-refractivity contribution in [1.29, 1.82) is 0 Å². The van der Waals surface area contributed by atoms with Gasteiger partial charge in [-0.1, -0.05) is 30.3 Å². The first-order valence-electron chi connectivity index (χ1n) is 8.31. The van der Waals surface area contributed by atoms with Gasteiger partial charge in [0.25, 0.3) is 0 Å². The first-order valence-corrected chi connectivity index (χ1v) is 8.31. The van der Waals surface area contributed by atoms with Crippen molar-refractivity contribution < 1.29 is 23.1 Å². The predicted octanol–water partition coefficient (Wildman–Crippen LogP) is 2.76. The van der Waals surface area contributed by atoms with Crippen LogP contribution >= 0.6 is 0 Å². The molecule has 5 nitrogen and oxygen atoms in total. The second kappa shape index (κ2) is 6.42. The standard InChI is InChI=1S/C18H20F3N3O2/c1-24-11-10-22-15(24)17(26,18(19,20)21)12-14(25)23-16(8-5-9-16)13-6-3-2-4-7-13/h2-4,6-7,10-11,26H,5,8-9,12H2,1H3,(H,23,25). The fraction of sp³-hybridized carbons (Fsp3) is 0.444. The van der Waals surface area contributed by atoms with Crippen molar-refractivity contribution in [3.8, 4) is 0 Å². The van der Waals surface area contributed by atoms with Gasteiger partial charge in [-0.15, -0.1) is 0 Å². The van der Waals surface area contributed by atoms with Gasteiger partial charge in [-0.2, -0.15) is 13.2 Å². The van der Waals surface area contributed by atoms with Gasteiger partial charge in [0.05, 0.1) is 12.0 Å². The van der Waals surface area contributed by atoms with Gasteiger partial charge < -0.3 is 15.0 Å². The number of imidazole rings is 1. The van der Waals surface area contributed by atoms with Crippen LogP contribution in [0, 0.1) is 0 Å². The van der Waals surface area contributed by atoms with E-state index in [-0.39, 0.29) is 0 Å². The molecule has 1 fully saturated rings. The lowest BCUT2D eigenvalue weighted by Crippen LogP contribution is -2.54. The number of benzene rings is 1. The molecule has 140 valence electrons. The first-order chi connectivity index (χ1) is 12.2. The quantitative estimate of drug-likeness (QED) is 0.854. The maximum Gasteiger partial charge on any atom is 0.425 e. The Kier molecular flexibility index (Phi) is 4.56. The molecular weight excluding hydrogens is 347 g/mol. The van der Waals surface area contributed by atoms with Crippen molar-refractivity contribution in [2.75, 3.05) is 0 Å². The fourth-order valence-electron chi connectivity index (χ4n) is 3.39. The monoisotopic (exact) mass is 367 g/mol. The molecule has 8 heteroatoms. The summed E-state index contributed by atoms with van der Waals surface area (Å²) in [7, 11) is 1.34. The zero-order valence-corrected chi connectivity index (χ0v) is 14.3. The predicted molar refractivity (Wildman–Crippen MR) is 87.9 cm³/mol. The molecule has 1 amide bonds. The third kappa shape index (κ3) is 3.09. The number of hydrogen-bond acceptors (Lipinski definition) is 3. The molecule has 2 aromatic rings. The average Bonchev–Trinajstić information content (AvgIpc) is 2.97. The number of hydrogen-bond donors (Lipinski definition) is 2. The molecule has 0 aliphatic heterocycles. The molecule has 0 radical (unpaired) electrons. The van der Waals surface area contributed by atoms with Gasteiger partial charge in [0, 0.05) is 19.4 Å². The SMILES string of the molecule is Cn1ccnc1C(O)(CC(=O)NC1(c2ccccc2)CCC1)C(F)(F)F. The normalized spacial score (nSPS) is 18.7. The van der Waals surface area contributed by atoms with Crippen LogP contribution in [0.2, 0.25) is 0 Å². The summed E-state index contributed by atoms with van der Waals surface area (Å²) in [4.78, 5) is 16.1. The lowest BCUT2D eigenvalue weighted by Gasteiger charge is -2.43. The van der Waals surface area contributed by atoms with Crippen molar-refractivity contribution in [1.82, 2.24) is 14.9 Å². The van der Waals surface area contributed by atoms with Crippen LogP contribution in [0.3, 0.4) is 0 Å². The maximum absolute atomic E-state index is 13.6. The van der Waals surface area contributed by atoms with Crippen molar-refractivity contribution in [3.63, 3.8) is 0 Å². The number of amides is 1. The van der Waals surface area contributed by atoms with E-state index in [1.54, 1.807) is 0 Å². The second-order valence-corrected chi connectivity index (χ2v) is 6.75. The van der Waals surface area contributed by atoms with Crippen LogP contribution in [0.25, 0.3) is 0 Å². The van der Waals surface area contributed by atoms with Gasteiger partial charge >= 0.3 is 6.18 Å². The number of aromatic nitrogens is 2. The molecule has 1 aliphatic carbocycles.